The number of likely N-dealkylation sites (N-methyl/N-ethyl adjacent to an activating group) is 1. The quantitative estimate of drug-likeness (QED) is 0.862. The summed E-state index contributed by atoms with van der Waals surface area (Å²) in [6.45, 7) is 0. The van der Waals surface area contributed by atoms with Gasteiger partial charge in [-0.25, -0.2) is 4.98 Å². The topological polar surface area (TPSA) is 29.9 Å². The molecule has 0 bridgehead atoms. The fraction of sp³-hybridized carbons (Fsp3) is 0.364. The van der Waals surface area contributed by atoms with Crippen LogP contribution in [0.5, 0.6) is 0 Å². The summed E-state index contributed by atoms with van der Waals surface area (Å²) in [6, 6.07) is 2.58. The summed E-state index contributed by atoms with van der Waals surface area (Å²) in [7, 11) is 4.03. The van der Waals surface area contributed by atoms with Crippen LogP contribution in [-0.2, 0) is 13.5 Å². The van der Waals surface area contributed by atoms with Crippen LogP contribution in [0.2, 0.25) is 0 Å². The number of rotatable bonds is 4. The molecule has 16 heavy (non-hydrogen) atoms. The van der Waals surface area contributed by atoms with E-state index in [4.69, 9.17) is 0 Å². The highest BCUT2D eigenvalue weighted by molar-refractivity contribution is 14.1. The molecule has 5 heteroatoms. The Labute approximate surface area is 113 Å². The Balaban J connectivity index is 2.15. The molecule has 0 aromatic carbocycles. The van der Waals surface area contributed by atoms with Gasteiger partial charge in [0.15, 0.2) is 0 Å². The van der Waals surface area contributed by atoms with Gasteiger partial charge in [0.05, 0.1) is 2.88 Å². The minimum absolute atomic E-state index is 0.348. The number of halogens is 1. The maximum Gasteiger partial charge on any atom is 0.110 e. The van der Waals surface area contributed by atoms with Gasteiger partial charge in [-0.3, -0.25) is 0 Å². The van der Waals surface area contributed by atoms with Gasteiger partial charge in [0, 0.05) is 31.9 Å². The lowest BCUT2D eigenvalue weighted by molar-refractivity contribution is 0.565. The number of thiophene rings is 1. The molecule has 0 spiro atoms. The highest BCUT2D eigenvalue weighted by Crippen LogP contribution is 2.24. The molecule has 2 aromatic heterocycles. The van der Waals surface area contributed by atoms with Crippen LogP contribution in [0.1, 0.15) is 17.4 Å². The molecule has 0 aliphatic carbocycles. The lowest BCUT2D eigenvalue weighted by atomic mass is 10.1. The average Bonchev–Trinajstić information content (AvgIpc) is 2.85. The summed E-state index contributed by atoms with van der Waals surface area (Å²) in [5.41, 5.74) is 1.35. The van der Waals surface area contributed by atoms with E-state index in [1.165, 1.54) is 8.45 Å². The van der Waals surface area contributed by atoms with Crippen molar-refractivity contribution in [3.8, 4) is 0 Å². The van der Waals surface area contributed by atoms with E-state index in [1.54, 1.807) is 11.3 Å². The van der Waals surface area contributed by atoms with Gasteiger partial charge < -0.3 is 9.88 Å². The molecule has 0 amide bonds. The van der Waals surface area contributed by atoms with E-state index in [2.05, 4.69) is 48.9 Å². The summed E-state index contributed by atoms with van der Waals surface area (Å²) in [4.78, 5) is 4.36. The van der Waals surface area contributed by atoms with Gasteiger partial charge in [-0.15, -0.1) is 11.3 Å². The predicted molar refractivity (Wildman–Crippen MR) is 75.7 cm³/mol. The standard InChI is InChI=1S/C11H14IN3S/c1-13-9(8-5-10(12)16-7-8)6-11-14-3-4-15(11)2/h3-5,7,9,13H,6H2,1-2H3. The lowest BCUT2D eigenvalue weighted by Crippen LogP contribution is -2.19. The maximum absolute atomic E-state index is 4.36. The van der Waals surface area contributed by atoms with Crippen molar-refractivity contribution in [3.05, 3.63) is 38.1 Å². The monoisotopic (exact) mass is 347 g/mol. The van der Waals surface area contributed by atoms with Crippen LogP contribution in [0, 0.1) is 2.88 Å². The van der Waals surface area contributed by atoms with E-state index in [0.29, 0.717) is 6.04 Å². The van der Waals surface area contributed by atoms with E-state index < -0.39 is 0 Å². The van der Waals surface area contributed by atoms with Gasteiger partial charge in [0.1, 0.15) is 5.82 Å². The average molecular weight is 347 g/mol. The van der Waals surface area contributed by atoms with Gasteiger partial charge in [-0.05, 0) is 46.6 Å². The molecule has 1 N–H and O–H groups in total. The number of aromatic nitrogens is 2. The first-order chi connectivity index (χ1) is 7.70. The van der Waals surface area contributed by atoms with Crippen molar-refractivity contribution >= 4 is 33.9 Å². The third kappa shape index (κ3) is 2.64. The second kappa shape index (κ2) is 5.29. The second-order valence-corrected chi connectivity index (χ2v) is 6.49. The molecular formula is C11H14IN3S. The smallest absolute Gasteiger partial charge is 0.110 e. The number of aryl methyl sites for hydroxylation is 1. The summed E-state index contributed by atoms with van der Waals surface area (Å²) >= 11 is 4.14. The Hall–Kier alpha value is -0.400. The van der Waals surface area contributed by atoms with Crippen molar-refractivity contribution in [1.29, 1.82) is 0 Å². The fourth-order valence-electron chi connectivity index (χ4n) is 1.67. The predicted octanol–water partition coefficient (Wildman–Crippen LogP) is 2.59. The zero-order valence-electron chi connectivity index (χ0n) is 9.27. The summed E-state index contributed by atoms with van der Waals surface area (Å²) in [6.07, 6.45) is 4.76. The highest BCUT2D eigenvalue weighted by Gasteiger charge is 2.13. The van der Waals surface area contributed by atoms with Gasteiger partial charge >= 0.3 is 0 Å². The Kier molecular flexibility index (Phi) is 3.99. The van der Waals surface area contributed by atoms with E-state index in [-0.39, 0.29) is 0 Å². The fourth-order valence-corrected chi connectivity index (χ4v) is 3.09. The Morgan fingerprint density at radius 3 is 2.94 bits per heavy atom. The van der Waals surface area contributed by atoms with Crippen LogP contribution in [0.15, 0.2) is 23.8 Å². The normalized spacial score (nSPS) is 12.9. The molecule has 0 aliphatic heterocycles. The molecule has 0 saturated carbocycles. The van der Waals surface area contributed by atoms with E-state index in [9.17, 15) is 0 Å². The minimum atomic E-state index is 0.348. The first kappa shape index (κ1) is 12.1. The minimum Gasteiger partial charge on any atom is -0.338 e. The molecule has 0 aliphatic rings. The number of hydrogen-bond donors (Lipinski definition) is 1. The maximum atomic E-state index is 4.36. The van der Waals surface area contributed by atoms with Gasteiger partial charge in [-0.1, -0.05) is 0 Å². The molecule has 0 saturated heterocycles. The third-order valence-electron chi connectivity index (χ3n) is 2.65. The van der Waals surface area contributed by atoms with Crippen LogP contribution < -0.4 is 5.32 Å². The summed E-state index contributed by atoms with van der Waals surface area (Å²) in [5, 5.41) is 5.56. The van der Waals surface area contributed by atoms with E-state index in [1.807, 2.05) is 26.5 Å². The summed E-state index contributed by atoms with van der Waals surface area (Å²) < 4.78 is 3.40. The van der Waals surface area contributed by atoms with Crippen molar-refractivity contribution in [2.45, 2.75) is 12.5 Å². The number of imidazole rings is 1. The van der Waals surface area contributed by atoms with Crippen LogP contribution in [0.3, 0.4) is 0 Å². The van der Waals surface area contributed by atoms with Gasteiger partial charge in [-0.2, -0.15) is 0 Å². The van der Waals surface area contributed by atoms with Crippen molar-refractivity contribution in [1.82, 2.24) is 14.9 Å². The largest absolute Gasteiger partial charge is 0.338 e. The van der Waals surface area contributed by atoms with Crippen LogP contribution in [0.4, 0.5) is 0 Å². The SMILES string of the molecule is CNC(Cc1nccn1C)c1csc(I)c1. The van der Waals surface area contributed by atoms with Crippen molar-refractivity contribution in [3.63, 3.8) is 0 Å². The number of hydrogen-bond acceptors (Lipinski definition) is 3. The molecule has 1 atom stereocenters. The van der Waals surface area contributed by atoms with E-state index in [0.717, 1.165) is 12.2 Å². The molecule has 2 aromatic rings. The molecule has 3 nitrogen and oxygen atoms in total. The second-order valence-electron chi connectivity index (χ2n) is 3.68. The van der Waals surface area contributed by atoms with Crippen LogP contribution >= 0.6 is 33.9 Å². The molecule has 0 fully saturated rings. The van der Waals surface area contributed by atoms with E-state index >= 15 is 0 Å². The molecule has 2 rings (SSSR count). The molecule has 86 valence electrons. The zero-order chi connectivity index (χ0) is 11.5. The van der Waals surface area contributed by atoms with Crippen molar-refractivity contribution in [2.75, 3.05) is 7.05 Å². The Bertz CT molecular complexity index is 463. The van der Waals surface area contributed by atoms with Crippen LogP contribution in [-0.4, -0.2) is 16.6 Å². The van der Waals surface area contributed by atoms with Gasteiger partial charge in [0.2, 0.25) is 0 Å². The first-order valence-corrected chi connectivity index (χ1v) is 7.04. The van der Waals surface area contributed by atoms with Gasteiger partial charge in [0.25, 0.3) is 0 Å². The number of nitrogens with one attached hydrogen (secondary N) is 1. The Morgan fingerprint density at radius 1 is 1.62 bits per heavy atom. The Morgan fingerprint density at radius 2 is 2.44 bits per heavy atom. The molecule has 0 radical (unpaired) electrons. The van der Waals surface area contributed by atoms with Crippen molar-refractivity contribution in [2.24, 2.45) is 7.05 Å². The van der Waals surface area contributed by atoms with Crippen molar-refractivity contribution < 1.29 is 0 Å². The molecule has 2 heterocycles. The summed E-state index contributed by atoms with van der Waals surface area (Å²) in [5.74, 6) is 1.11. The lowest BCUT2D eigenvalue weighted by Gasteiger charge is -2.14. The molecule has 1 unspecified atom stereocenters. The number of nitrogens with zero attached hydrogens (tertiary/aromatic N) is 2. The first-order valence-electron chi connectivity index (χ1n) is 5.08. The third-order valence-corrected chi connectivity index (χ3v) is 4.45. The zero-order valence-corrected chi connectivity index (χ0v) is 12.2. The highest BCUT2D eigenvalue weighted by atomic mass is 127. The van der Waals surface area contributed by atoms with Crippen LogP contribution in [0.25, 0.3) is 0 Å². The molecular weight excluding hydrogens is 333 g/mol.